The highest BCUT2D eigenvalue weighted by Crippen LogP contribution is 2.30. The highest BCUT2D eigenvalue weighted by Gasteiger charge is 2.18. The number of nitrogens with one attached hydrogen (secondary N) is 1. The highest BCUT2D eigenvalue weighted by atomic mass is 16.4. The Hall–Kier alpha value is -1.78. The summed E-state index contributed by atoms with van der Waals surface area (Å²) in [6.45, 7) is 3.15. The summed E-state index contributed by atoms with van der Waals surface area (Å²) in [7, 11) is 0. The van der Waals surface area contributed by atoms with Gasteiger partial charge >= 0.3 is 5.97 Å². The average Bonchev–Trinajstić information content (AvgIpc) is 2.40. The molecule has 0 radical (unpaired) electrons. The lowest BCUT2D eigenvalue weighted by Crippen LogP contribution is -2.17. The smallest absolute Gasteiger partial charge is 0.337 e. The van der Waals surface area contributed by atoms with Gasteiger partial charge in [-0.1, -0.05) is 26.2 Å². The molecule has 1 aliphatic rings. The summed E-state index contributed by atoms with van der Waals surface area (Å²) < 4.78 is 0. The molecule has 1 fully saturated rings. The molecule has 1 aliphatic carbocycles. The molecule has 1 saturated carbocycles. The molecule has 4 N–H and O–H groups in total. The van der Waals surface area contributed by atoms with Crippen molar-refractivity contribution in [3.8, 4) is 0 Å². The fourth-order valence-electron chi connectivity index (χ4n) is 2.97. The molecule has 2 atom stereocenters. The molecule has 1 heterocycles. The van der Waals surface area contributed by atoms with E-state index in [1.54, 1.807) is 0 Å². The van der Waals surface area contributed by atoms with Gasteiger partial charge in [0.05, 0.1) is 17.4 Å². The Morgan fingerprint density at radius 2 is 2.35 bits per heavy atom. The molecule has 20 heavy (non-hydrogen) atoms. The molecule has 0 aromatic carbocycles. The fraction of sp³-hybridized carbons (Fsp3) is 0.600. The maximum absolute atomic E-state index is 11.0. The number of hydrogen-bond donors (Lipinski definition) is 3. The van der Waals surface area contributed by atoms with Gasteiger partial charge in [-0.15, -0.1) is 0 Å². The van der Waals surface area contributed by atoms with E-state index in [0.29, 0.717) is 5.82 Å². The number of carboxylic acids is 1. The summed E-state index contributed by atoms with van der Waals surface area (Å²) in [5, 5.41) is 12.2. The lowest BCUT2D eigenvalue weighted by molar-refractivity contribution is 0.0698. The third-order valence-electron chi connectivity index (χ3n) is 4.07. The molecule has 2 unspecified atom stereocenters. The van der Waals surface area contributed by atoms with Crippen molar-refractivity contribution in [3.05, 3.63) is 17.8 Å². The van der Waals surface area contributed by atoms with E-state index in [2.05, 4.69) is 17.2 Å². The Kier molecular flexibility index (Phi) is 4.82. The van der Waals surface area contributed by atoms with Crippen molar-refractivity contribution in [1.82, 2.24) is 4.98 Å². The van der Waals surface area contributed by atoms with Crippen LogP contribution < -0.4 is 11.1 Å². The molecule has 1 aromatic heterocycles. The molecule has 5 nitrogen and oxygen atoms in total. The van der Waals surface area contributed by atoms with E-state index in [9.17, 15) is 4.79 Å². The molecule has 0 amide bonds. The van der Waals surface area contributed by atoms with Gasteiger partial charge in [-0.25, -0.2) is 9.78 Å². The molecule has 2 rings (SSSR count). The lowest BCUT2D eigenvalue weighted by Gasteiger charge is -2.26. The van der Waals surface area contributed by atoms with E-state index < -0.39 is 5.97 Å². The van der Waals surface area contributed by atoms with Gasteiger partial charge in [0.2, 0.25) is 0 Å². The van der Waals surface area contributed by atoms with Crippen LogP contribution in [0.3, 0.4) is 0 Å². The number of hydrogen-bond acceptors (Lipinski definition) is 4. The third kappa shape index (κ3) is 3.85. The van der Waals surface area contributed by atoms with E-state index in [0.717, 1.165) is 24.8 Å². The zero-order chi connectivity index (χ0) is 14.5. The highest BCUT2D eigenvalue weighted by molar-refractivity contribution is 5.94. The first-order valence-corrected chi connectivity index (χ1v) is 7.29. The second kappa shape index (κ2) is 6.59. The molecular weight excluding hydrogens is 254 g/mol. The average molecular weight is 277 g/mol. The van der Waals surface area contributed by atoms with E-state index in [1.165, 1.54) is 37.9 Å². The van der Waals surface area contributed by atoms with E-state index in [-0.39, 0.29) is 11.3 Å². The van der Waals surface area contributed by atoms with E-state index in [4.69, 9.17) is 10.8 Å². The van der Waals surface area contributed by atoms with Gasteiger partial charge < -0.3 is 16.2 Å². The van der Waals surface area contributed by atoms with Crippen molar-refractivity contribution in [2.75, 3.05) is 17.6 Å². The van der Waals surface area contributed by atoms with Crippen molar-refractivity contribution in [1.29, 1.82) is 0 Å². The van der Waals surface area contributed by atoms with E-state index in [1.807, 2.05) is 0 Å². The van der Waals surface area contributed by atoms with Gasteiger partial charge in [0.25, 0.3) is 0 Å². The Morgan fingerprint density at radius 3 is 3.05 bits per heavy atom. The van der Waals surface area contributed by atoms with Crippen molar-refractivity contribution in [2.45, 2.75) is 39.0 Å². The number of aromatic carboxylic acids is 1. The van der Waals surface area contributed by atoms with Crippen molar-refractivity contribution in [2.24, 2.45) is 11.8 Å². The maximum Gasteiger partial charge on any atom is 0.337 e. The molecule has 110 valence electrons. The minimum Gasteiger partial charge on any atom is -0.478 e. The molecule has 5 heteroatoms. The molecule has 0 bridgehead atoms. The quantitative estimate of drug-likeness (QED) is 0.770. The Bertz CT molecular complexity index is 476. The summed E-state index contributed by atoms with van der Waals surface area (Å²) in [5.41, 5.74) is 5.88. The van der Waals surface area contributed by atoms with Crippen LogP contribution in [-0.4, -0.2) is 22.6 Å². The molecule has 0 spiro atoms. The number of nitrogens with two attached hydrogens (primary N) is 1. The Labute approximate surface area is 119 Å². The SMILES string of the molecule is CC1CCCC(CCNc2cc(C(=O)O)c(N)cn2)C1. The second-order valence-electron chi connectivity index (χ2n) is 5.82. The van der Waals surface area contributed by atoms with Gasteiger partial charge in [-0.05, 0) is 30.7 Å². The van der Waals surface area contributed by atoms with Gasteiger partial charge in [0, 0.05) is 6.54 Å². The van der Waals surface area contributed by atoms with E-state index >= 15 is 0 Å². The summed E-state index contributed by atoms with van der Waals surface area (Å²) >= 11 is 0. The number of aromatic nitrogens is 1. The Balaban J connectivity index is 1.85. The van der Waals surface area contributed by atoms with Gasteiger partial charge in [-0.2, -0.15) is 0 Å². The minimum atomic E-state index is -1.02. The number of carboxylic acid groups (broad SMARTS) is 1. The predicted octanol–water partition coefficient (Wildman–Crippen LogP) is 2.99. The van der Waals surface area contributed by atoms with Crippen LogP contribution in [0.2, 0.25) is 0 Å². The Morgan fingerprint density at radius 1 is 1.55 bits per heavy atom. The molecule has 1 aromatic rings. The first kappa shape index (κ1) is 14.6. The normalized spacial score (nSPS) is 22.4. The van der Waals surface area contributed by atoms with Crippen molar-refractivity contribution in [3.63, 3.8) is 0 Å². The monoisotopic (exact) mass is 277 g/mol. The zero-order valence-corrected chi connectivity index (χ0v) is 11.9. The van der Waals surface area contributed by atoms with Crippen LogP contribution in [0.25, 0.3) is 0 Å². The maximum atomic E-state index is 11.0. The summed E-state index contributed by atoms with van der Waals surface area (Å²) in [6, 6.07) is 1.50. The first-order valence-electron chi connectivity index (χ1n) is 7.29. The summed E-state index contributed by atoms with van der Waals surface area (Å²) in [4.78, 5) is 15.1. The molecule has 0 aliphatic heterocycles. The summed E-state index contributed by atoms with van der Waals surface area (Å²) in [6.07, 6.45) is 7.80. The number of nitrogen functional groups attached to an aromatic ring is 1. The lowest BCUT2D eigenvalue weighted by atomic mass is 9.81. The van der Waals surface area contributed by atoms with Gasteiger partial charge in [-0.3, -0.25) is 0 Å². The number of nitrogens with zero attached hydrogens (tertiary/aromatic N) is 1. The van der Waals surface area contributed by atoms with Crippen LogP contribution in [0.1, 0.15) is 49.4 Å². The summed E-state index contributed by atoms with van der Waals surface area (Å²) in [5.74, 6) is 1.18. The standard InChI is InChI=1S/C15H23N3O2/c1-10-3-2-4-11(7-10)5-6-17-14-8-12(15(19)20)13(16)9-18-14/h8-11H,2-7,16H2,1H3,(H,17,18)(H,19,20). The van der Waals surface area contributed by atoms with Crippen LogP contribution in [-0.2, 0) is 0 Å². The fourth-order valence-corrected chi connectivity index (χ4v) is 2.97. The number of rotatable bonds is 5. The number of anilines is 2. The second-order valence-corrected chi connectivity index (χ2v) is 5.82. The van der Waals surface area contributed by atoms with Gasteiger partial charge in [0.1, 0.15) is 5.82 Å². The zero-order valence-electron chi connectivity index (χ0n) is 11.9. The van der Waals surface area contributed by atoms with Crippen molar-refractivity contribution < 1.29 is 9.90 Å². The molecular formula is C15H23N3O2. The number of carbonyl (C=O) groups is 1. The van der Waals surface area contributed by atoms with Crippen LogP contribution in [0, 0.1) is 11.8 Å². The van der Waals surface area contributed by atoms with Crippen LogP contribution >= 0.6 is 0 Å². The van der Waals surface area contributed by atoms with Crippen LogP contribution in [0.4, 0.5) is 11.5 Å². The van der Waals surface area contributed by atoms with Crippen LogP contribution in [0.15, 0.2) is 12.3 Å². The van der Waals surface area contributed by atoms with Crippen LogP contribution in [0.5, 0.6) is 0 Å². The largest absolute Gasteiger partial charge is 0.478 e. The topological polar surface area (TPSA) is 88.2 Å². The van der Waals surface area contributed by atoms with Crippen molar-refractivity contribution >= 4 is 17.5 Å². The third-order valence-corrected chi connectivity index (χ3v) is 4.07. The molecule has 0 saturated heterocycles. The van der Waals surface area contributed by atoms with Gasteiger partial charge in [0.15, 0.2) is 0 Å². The number of pyridine rings is 1. The minimum absolute atomic E-state index is 0.105. The predicted molar refractivity (Wildman–Crippen MR) is 79.8 cm³/mol. The first-order chi connectivity index (χ1) is 9.56.